The molecule has 4 rings (SSSR count). The number of H-pyrrole nitrogens is 1. The fourth-order valence-electron chi connectivity index (χ4n) is 2.35. The molecule has 0 aliphatic heterocycles. The molecular formula is C15H12N4OS2. The van der Waals surface area contributed by atoms with Gasteiger partial charge in [-0.15, -0.1) is 11.3 Å². The van der Waals surface area contributed by atoms with E-state index < -0.39 is 10.8 Å². The van der Waals surface area contributed by atoms with Crippen LogP contribution in [0.4, 0.5) is 0 Å². The maximum Gasteiger partial charge on any atom is 0.181 e. The van der Waals surface area contributed by atoms with Crippen LogP contribution in [0.5, 0.6) is 0 Å². The quantitative estimate of drug-likeness (QED) is 0.628. The third kappa shape index (κ3) is 2.42. The smallest absolute Gasteiger partial charge is 0.181 e. The van der Waals surface area contributed by atoms with Crippen molar-refractivity contribution in [3.63, 3.8) is 0 Å². The molecule has 0 aliphatic carbocycles. The van der Waals surface area contributed by atoms with Crippen LogP contribution in [-0.2, 0) is 17.2 Å². The van der Waals surface area contributed by atoms with Crippen molar-refractivity contribution in [2.45, 2.75) is 10.8 Å². The summed E-state index contributed by atoms with van der Waals surface area (Å²) < 4.78 is 13.2. The van der Waals surface area contributed by atoms with Gasteiger partial charge in [0.2, 0.25) is 0 Å². The highest BCUT2D eigenvalue weighted by Crippen LogP contribution is 2.25. The number of benzene rings is 1. The minimum Gasteiger partial charge on any atom is -0.340 e. The lowest BCUT2D eigenvalue weighted by atomic mass is 10.1. The molecular weight excluding hydrogens is 316 g/mol. The summed E-state index contributed by atoms with van der Waals surface area (Å²) >= 11 is 1.48. The molecule has 7 heteroatoms. The molecule has 0 aliphatic rings. The molecule has 1 N–H and O–H groups in total. The van der Waals surface area contributed by atoms with E-state index in [0.29, 0.717) is 10.8 Å². The number of thiazole rings is 1. The van der Waals surface area contributed by atoms with Gasteiger partial charge in [0.25, 0.3) is 0 Å². The normalized spacial score (nSPS) is 13.0. The second-order valence-electron chi connectivity index (χ2n) is 4.97. The fraction of sp³-hybridized carbons (Fsp3) is 0.133. The van der Waals surface area contributed by atoms with Gasteiger partial charge in [0.15, 0.2) is 9.99 Å². The predicted octanol–water partition coefficient (Wildman–Crippen LogP) is 2.90. The van der Waals surface area contributed by atoms with E-state index in [0.717, 1.165) is 32.8 Å². The number of imidazole rings is 1. The Bertz CT molecular complexity index is 972. The third-order valence-corrected chi connectivity index (χ3v) is 5.71. The maximum atomic E-state index is 11.5. The van der Waals surface area contributed by atoms with E-state index in [1.807, 2.05) is 24.3 Å². The SMILES string of the molecule is CS(=O)c1nc2ccc(Cc3nc4ncccc4[nH]3)cc2s1. The van der Waals surface area contributed by atoms with Crippen LogP contribution >= 0.6 is 11.3 Å². The molecule has 1 aromatic carbocycles. The Hall–Kier alpha value is -2.12. The Balaban J connectivity index is 1.69. The van der Waals surface area contributed by atoms with Gasteiger partial charge in [-0.25, -0.2) is 15.0 Å². The number of nitrogens with one attached hydrogen (secondary N) is 1. The molecule has 0 radical (unpaired) electrons. The number of rotatable bonds is 3. The van der Waals surface area contributed by atoms with Gasteiger partial charge in [0, 0.05) is 18.9 Å². The van der Waals surface area contributed by atoms with Crippen LogP contribution in [0.3, 0.4) is 0 Å². The molecule has 0 fully saturated rings. The standard InChI is InChI=1S/C15H12N4OS2/c1-22(20)15-18-10-5-4-9(7-12(10)21-15)8-13-17-11-3-2-6-16-14(11)19-13/h2-7H,8H2,1H3,(H,16,17,19). The summed E-state index contributed by atoms with van der Waals surface area (Å²) in [5.41, 5.74) is 3.72. The number of nitrogens with zero attached hydrogens (tertiary/aromatic N) is 3. The average molecular weight is 328 g/mol. The summed E-state index contributed by atoms with van der Waals surface area (Å²) in [5.74, 6) is 0.886. The first kappa shape index (κ1) is 13.5. The zero-order valence-electron chi connectivity index (χ0n) is 11.7. The van der Waals surface area contributed by atoms with Gasteiger partial charge in [0.05, 0.1) is 26.5 Å². The monoisotopic (exact) mass is 328 g/mol. The molecule has 5 nitrogen and oxygen atoms in total. The number of fused-ring (bicyclic) bond motifs is 2. The van der Waals surface area contributed by atoms with Crippen LogP contribution in [-0.4, -0.2) is 30.4 Å². The van der Waals surface area contributed by atoms with Crippen LogP contribution in [0, 0.1) is 0 Å². The van der Waals surface area contributed by atoms with Crippen LogP contribution < -0.4 is 0 Å². The zero-order valence-corrected chi connectivity index (χ0v) is 13.4. The van der Waals surface area contributed by atoms with Crippen molar-refractivity contribution in [1.29, 1.82) is 0 Å². The van der Waals surface area contributed by atoms with Gasteiger partial charge in [-0.05, 0) is 29.8 Å². The highest BCUT2D eigenvalue weighted by Gasteiger charge is 2.09. The van der Waals surface area contributed by atoms with Gasteiger partial charge in [-0.2, -0.15) is 0 Å². The topological polar surface area (TPSA) is 71.5 Å². The third-order valence-electron chi connectivity index (χ3n) is 3.36. The van der Waals surface area contributed by atoms with Crippen molar-refractivity contribution in [1.82, 2.24) is 19.9 Å². The molecule has 0 spiro atoms. The lowest BCUT2D eigenvalue weighted by Crippen LogP contribution is -1.90. The number of aromatic nitrogens is 4. The first-order chi connectivity index (χ1) is 10.7. The van der Waals surface area contributed by atoms with Crippen molar-refractivity contribution in [3.05, 3.63) is 47.9 Å². The van der Waals surface area contributed by atoms with Crippen LogP contribution in [0.1, 0.15) is 11.4 Å². The maximum absolute atomic E-state index is 11.5. The Kier molecular flexibility index (Phi) is 3.24. The van der Waals surface area contributed by atoms with Gasteiger partial charge in [0.1, 0.15) is 5.82 Å². The van der Waals surface area contributed by atoms with E-state index >= 15 is 0 Å². The van der Waals surface area contributed by atoms with Crippen molar-refractivity contribution in [3.8, 4) is 0 Å². The van der Waals surface area contributed by atoms with E-state index in [2.05, 4.69) is 26.0 Å². The van der Waals surface area contributed by atoms with E-state index in [1.165, 1.54) is 11.3 Å². The predicted molar refractivity (Wildman–Crippen MR) is 88.6 cm³/mol. The Morgan fingerprint density at radius 1 is 1.27 bits per heavy atom. The average Bonchev–Trinajstić information content (AvgIpc) is 3.09. The summed E-state index contributed by atoms with van der Waals surface area (Å²) in [6, 6.07) is 9.95. The molecule has 0 amide bonds. The van der Waals surface area contributed by atoms with E-state index in [4.69, 9.17) is 0 Å². The van der Waals surface area contributed by atoms with Crippen LogP contribution in [0.15, 0.2) is 40.9 Å². The highest BCUT2D eigenvalue weighted by molar-refractivity contribution is 7.86. The van der Waals surface area contributed by atoms with Crippen LogP contribution in [0.25, 0.3) is 21.4 Å². The molecule has 22 heavy (non-hydrogen) atoms. The molecule has 110 valence electrons. The van der Waals surface area contributed by atoms with Crippen molar-refractivity contribution < 1.29 is 4.21 Å². The molecule has 0 saturated carbocycles. The Morgan fingerprint density at radius 2 is 2.18 bits per heavy atom. The number of hydrogen-bond acceptors (Lipinski definition) is 5. The molecule has 3 aromatic heterocycles. The highest BCUT2D eigenvalue weighted by atomic mass is 32.2. The second kappa shape index (κ2) is 5.26. The minimum atomic E-state index is -1.04. The minimum absolute atomic E-state index is 0.667. The first-order valence-corrected chi connectivity index (χ1v) is 9.09. The van der Waals surface area contributed by atoms with E-state index in [-0.39, 0.29) is 0 Å². The number of hydrogen-bond donors (Lipinski definition) is 1. The molecule has 4 aromatic rings. The summed E-state index contributed by atoms with van der Waals surface area (Å²) in [6.45, 7) is 0. The molecule has 1 atom stereocenters. The van der Waals surface area contributed by atoms with Crippen LogP contribution in [0.2, 0.25) is 0 Å². The lowest BCUT2D eigenvalue weighted by molar-refractivity contribution is 0.686. The van der Waals surface area contributed by atoms with Gasteiger partial charge in [-0.1, -0.05) is 6.07 Å². The van der Waals surface area contributed by atoms with Gasteiger partial charge in [-0.3, -0.25) is 4.21 Å². The summed E-state index contributed by atoms with van der Waals surface area (Å²) in [5, 5.41) is 0. The second-order valence-corrected chi connectivity index (χ2v) is 7.55. The largest absolute Gasteiger partial charge is 0.340 e. The fourth-order valence-corrected chi connectivity index (χ4v) is 4.08. The number of aromatic amines is 1. The van der Waals surface area contributed by atoms with Crippen molar-refractivity contribution in [2.24, 2.45) is 0 Å². The number of pyridine rings is 1. The summed E-state index contributed by atoms with van der Waals surface area (Å²) in [6.07, 6.45) is 4.09. The summed E-state index contributed by atoms with van der Waals surface area (Å²) in [7, 11) is -1.04. The van der Waals surface area contributed by atoms with Crippen molar-refractivity contribution in [2.75, 3.05) is 6.26 Å². The van der Waals surface area contributed by atoms with Gasteiger partial charge >= 0.3 is 0 Å². The Morgan fingerprint density at radius 3 is 3.00 bits per heavy atom. The lowest BCUT2D eigenvalue weighted by Gasteiger charge is -1.97. The first-order valence-electron chi connectivity index (χ1n) is 6.71. The van der Waals surface area contributed by atoms with Gasteiger partial charge < -0.3 is 4.98 Å². The Labute approximate surface area is 132 Å². The zero-order chi connectivity index (χ0) is 15.1. The van der Waals surface area contributed by atoms with Crippen molar-refractivity contribution >= 4 is 43.5 Å². The molecule has 3 heterocycles. The van der Waals surface area contributed by atoms with E-state index in [1.54, 1.807) is 12.5 Å². The molecule has 0 saturated heterocycles. The summed E-state index contributed by atoms with van der Waals surface area (Å²) in [4.78, 5) is 16.4. The molecule has 0 bridgehead atoms. The van der Waals surface area contributed by atoms with E-state index in [9.17, 15) is 4.21 Å². The molecule has 1 unspecified atom stereocenters.